The van der Waals surface area contributed by atoms with Gasteiger partial charge in [-0.15, -0.1) is 0 Å². The second kappa shape index (κ2) is 14.7. The average Bonchev–Trinajstić information content (AvgIpc) is 3.45. The summed E-state index contributed by atoms with van der Waals surface area (Å²) in [5.41, 5.74) is 3.18. The number of alkyl halides is 3. The Morgan fingerprint density at radius 1 is 1.00 bits per heavy atom. The summed E-state index contributed by atoms with van der Waals surface area (Å²) in [7, 11) is 0. The summed E-state index contributed by atoms with van der Waals surface area (Å²) in [5, 5.41) is 3.63. The molecule has 2 unspecified atom stereocenters. The molecule has 0 aliphatic carbocycles. The minimum Gasteiger partial charge on any atom is -0.493 e. The summed E-state index contributed by atoms with van der Waals surface area (Å²) in [6, 6.07) is 9.58. The first kappa shape index (κ1) is 32.3. The van der Waals surface area contributed by atoms with E-state index in [0.717, 1.165) is 55.9 Å². The van der Waals surface area contributed by atoms with Crippen molar-refractivity contribution in [1.29, 1.82) is 0 Å². The van der Waals surface area contributed by atoms with Crippen molar-refractivity contribution in [3.05, 3.63) is 64.2 Å². The maximum absolute atomic E-state index is 12.9. The van der Waals surface area contributed by atoms with E-state index in [1.54, 1.807) is 4.90 Å². The van der Waals surface area contributed by atoms with Gasteiger partial charge in [0.2, 0.25) is 0 Å². The second-order valence-electron chi connectivity index (χ2n) is 11.7. The molecule has 9 heteroatoms. The zero-order valence-electron chi connectivity index (χ0n) is 25.6. The number of unbranched alkanes of at least 4 members (excludes halogenated alkanes) is 1. The molecular formula is C33H47F3N4O2. The highest BCUT2D eigenvalue weighted by Crippen LogP contribution is 2.32. The molecule has 2 atom stereocenters. The molecule has 0 spiro atoms. The summed E-state index contributed by atoms with van der Waals surface area (Å²) < 4.78 is 44.8. The zero-order valence-corrected chi connectivity index (χ0v) is 25.6. The minimum absolute atomic E-state index is 0.177. The molecule has 1 N–H and O–H groups in total. The Bertz CT molecular complexity index is 1160. The van der Waals surface area contributed by atoms with Gasteiger partial charge in [-0.3, -0.25) is 14.6 Å². The van der Waals surface area contributed by atoms with E-state index >= 15 is 0 Å². The van der Waals surface area contributed by atoms with Crippen LogP contribution in [0.5, 0.6) is 5.75 Å². The number of likely N-dealkylation sites (N-methyl/N-ethyl adjacent to an activating group) is 1. The quantitative estimate of drug-likeness (QED) is 0.305. The number of benzene rings is 2. The third kappa shape index (κ3) is 8.05. The molecule has 2 fully saturated rings. The van der Waals surface area contributed by atoms with Gasteiger partial charge in [-0.05, 0) is 113 Å². The summed E-state index contributed by atoms with van der Waals surface area (Å²) in [4.78, 5) is 19.5. The smallest absolute Gasteiger partial charge is 0.416 e. The van der Waals surface area contributed by atoms with E-state index < -0.39 is 11.7 Å². The van der Waals surface area contributed by atoms with Crippen LogP contribution in [0.4, 0.5) is 13.2 Å². The molecule has 0 radical (unpaired) electrons. The first-order chi connectivity index (χ1) is 20.1. The van der Waals surface area contributed by atoms with Crippen molar-refractivity contribution in [3.63, 3.8) is 0 Å². The van der Waals surface area contributed by atoms with Gasteiger partial charge in [0, 0.05) is 50.4 Å². The predicted octanol–water partition coefficient (Wildman–Crippen LogP) is 6.07. The number of halogens is 3. The largest absolute Gasteiger partial charge is 0.493 e. The maximum Gasteiger partial charge on any atom is 0.416 e. The number of rotatable bonds is 12. The molecule has 42 heavy (non-hydrogen) atoms. The molecule has 2 aromatic carbocycles. The maximum atomic E-state index is 12.9. The van der Waals surface area contributed by atoms with Gasteiger partial charge in [-0.2, -0.15) is 13.2 Å². The number of ether oxygens (including phenoxy) is 1. The Labute approximate surface area is 249 Å². The van der Waals surface area contributed by atoms with Crippen LogP contribution in [0, 0.1) is 13.8 Å². The van der Waals surface area contributed by atoms with Crippen LogP contribution in [0.3, 0.4) is 0 Å². The molecule has 1 amide bonds. The predicted molar refractivity (Wildman–Crippen MR) is 161 cm³/mol. The van der Waals surface area contributed by atoms with Crippen LogP contribution in [0.1, 0.15) is 78.2 Å². The van der Waals surface area contributed by atoms with Crippen LogP contribution < -0.4 is 10.1 Å². The van der Waals surface area contributed by atoms with Crippen LogP contribution in [-0.2, 0) is 6.18 Å². The minimum atomic E-state index is -4.41. The standard InChI is InChI=1S/C33H47F3N4O2/c1-5-38-17-8-9-29(38)23-37-16-6-7-22-42-31-15-14-30(24(2)25(31)3)26(4)39-18-20-40(21-19-39)32(41)27-10-12-28(13-11-27)33(34,35)36/h10-15,26,29,37H,5-9,16-23H2,1-4H3. The monoisotopic (exact) mass is 588 g/mol. The highest BCUT2D eigenvalue weighted by molar-refractivity contribution is 5.94. The molecule has 2 heterocycles. The number of nitrogens with zero attached hydrogens (tertiary/aromatic N) is 3. The Morgan fingerprint density at radius 3 is 2.38 bits per heavy atom. The lowest BCUT2D eigenvalue weighted by Crippen LogP contribution is -2.49. The number of likely N-dealkylation sites (tertiary alicyclic amines) is 1. The molecular weight excluding hydrogens is 541 g/mol. The van der Waals surface area contributed by atoms with E-state index in [2.05, 4.69) is 54.9 Å². The Balaban J connectivity index is 1.20. The summed E-state index contributed by atoms with van der Waals surface area (Å²) in [5.74, 6) is 0.713. The topological polar surface area (TPSA) is 48.1 Å². The van der Waals surface area contributed by atoms with Gasteiger partial charge in [0.1, 0.15) is 5.75 Å². The molecule has 232 valence electrons. The van der Waals surface area contributed by atoms with Crippen molar-refractivity contribution >= 4 is 5.91 Å². The summed E-state index contributed by atoms with van der Waals surface area (Å²) in [6.07, 6.45) is 0.323. The second-order valence-corrected chi connectivity index (χ2v) is 11.7. The molecule has 0 saturated carbocycles. The number of hydrogen-bond donors (Lipinski definition) is 1. The van der Waals surface area contributed by atoms with Gasteiger partial charge in [-0.1, -0.05) is 13.0 Å². The molecule has 2 saturated heterocycles. The van der Waals surface area contributed by atoms with Crippen LogP contribution >= 0.6 is 0 Å². The first-order valence-corrected chi connectivity index (χ1v) is 15.5. The van der Waals surface area contributed by atoms with Crippen LogP contribution in [-0.4, -0.2) is 85.6 Å². The number of carbonyl (C=O) groups is 1. The molecule has 2 aromatic rings. The third-order valence-corrected chi connectivity index (χ3v) is 9.13. The normalized spacial score (nSPS) is 19.3. The number of carbonyl (C=O) groups excluding carboxylic acids is 1. The Morgan fingerprint density at radius 2 is 1.71 bits per heavy atom. The van der Waals surface area contributed by atoms with Crippen molar-refractivity contribution in [3.8, 4) is 5.75 Å². The van der Waals surface area contributed by atoms with Crippen LogP contribution in [0.2, 0.25) is 0 Å². The van der Waals surface area contributed by atoms with E-state index in [1.165, 1.54) is 42.6 Å². The van der Waals surface area contributed by atoms with E-state index in [0.29, 0.717) is 38.8 Å². The fourth-order valence-electron chi connectivity index (χ4n) is 6.26. The molecule has 2 aliphatic heterocycles. The fourth-order valence-corrected chi connectivity index (χ4v) is 6.26. The van der Waals surface area contributed by atoms with E-state index in [1.807, 2.05) is 0 Å². The lowest BCUT2D eigenvalue weighted by atomic mass is 9.96. The van der Waals surface area contributed by atoms with Crippen molar-refractivity contribution in [1.82, 2.24) is 20.0 Å². The lowest BCUT2D eigenvalue weighted by molar-refractivity contribution is -0.137. The number of nitrogens with one attached hydrogen (secondary N) is 1. The molecule has 2 aliphatic rings. The van der Waals surface area contributed by atoms with Gasteiger partial charge in [0.05, 0.1) is 12.2 Å². The molecule has 0 bridgehead atoms. The fraction of sp³-hybridized carbons (Fsp3) is 0.606. The summed E-state index contributed by atoms with van der Waals surface area (Å²) >= 11 is 0. The van der Waals surface area contributed by atoms with Gasteiger partial charge >= 0.3 is 6.18 Å². The molecule has 4 rings (SSSR count). The van der Waals surface area contributed by atoms with Crippen molar-refractivity contribution in [2.45, 2.75) is 71.6 Å². The van der Waals surface area contributed by atoms with E-state index in [4.69, 9.17) is 4.74 Å². The highest BCUT2D eigenvalue weighted by atomic mass is 19.4. The van der Waals surface area contributed by atoms with E-state index in [-0.39, 0.29) is 17.5 Å². The van der Waals surface area contributed by atoms with Gasteiger partial charge < -0.3 is 15.0 Å². The average molecular weight is 589 g/mol. The van der Waals surface area contributed by atoms with Gasteiger partial charge in [-0.25, -0.2) is 0 Å². The van der Waals surface area contributed by atoms with Gasteiger partial charge in [0.25, 0.3) is 5.91 Å². The van der Waals surface area contributed by atoms with Crippen LogP contribution in [0.25, 0.3) is 0 Å². The Hall–Kier alpha value is -2.62. The highest BCUT2D eigenvalue weighted by Gasteiger charge is 2.31. The van der Waals surface area contributed by atoms with Crippen molar-refractivity contribution < 1.29 is 22.7 Å². The third-order valence-electron chi connectivity index (χ3n) is 9.13. The van der Waals surface area contributed by atoms with Gasteiger partial charge in [0.15, 0.2) is 0 Å². The SMILES string of the molecule is CCN1CCCC1CNCCCCOc1ccc(C(C)N2CCN(C(=O)c3ccc(C(F)(F)F)cc3)CC2)c(C)c1C. The van der Waals surface area contributed by atoms with Crippen molar-refractivity contribution in [2.24, 2.45) is 0 Å². The molecule has 0 aromatic heterocycles. The summed E-state index contributed by atoms with van der Waals surface area (Å²) in [6.45, 7) is 16.4. The number of amides is 1. The number of piperazine rings is 1. The molecule has 6 nitrogen and oxygen atoms in total. The number of hydrogen-bond acceptors (Lipinski definition) is 5. The zero-order chi connectivity index (χ0) is 30.3. The van der Waals surface area contributed by atoms with E-state index in [9.17, 15) is 18.0 Å². The lowest BCUT2D eigenvalue weighted by Gasteiger charge is -2.39. The van der Waals surface area contributed by atoms with Crippen molar-refractivity contribution in [2.75, 3.05) is 59.0 Å². The van der Waals surface area contributed by atoms with Crippen LogP contribution in [0.15, 0.2) is 36.4 Å². The Kier molecular flexibility index (Phi) is 11.3. The first-order valence-electron chi connectivity index (χ1n) is 15.5.